The van der Waals surface area contributed by atoms with Gasteiger partial charge in [0.25, 0.3) is 5.91 Å². The van der Waals surface area contributed by atoms with Gasteiger partial charge in [0.15, 0.2) is 11.5 Å². The normalized spacial score (nSPS) is 21.7. The Morgan fingerprint density at radius 3 is 2.56 bits per heavy atom. The molecule has 0 spiro atoms. The topological polar surface area (TPSA) is 75.9 Å². The second kappa shape index (κ2) is 8.77. The van der Waals surface area contributed by atoms with Crippen molar-refractivity contribution in [3.05, 3.63) is 47.4 Å². The van der Waals surface area contributed by atoms with Crippen LogP contribution >= 0.6 is 0 Å². The van der Waals surface area contributed by atoms with Crippen LogP contribution in [0.5, 0.6) is 0 Å². The quantitative estimate of drug-likeness (QED) is 0.587. The van der Waals surface area contributed by atoms with E-state index in [1.54, 1.807) is 10.9 Å². The van der Waals surface area contributed by atoms with Gasteiger partial charge in [-0.3, -0.25) is 9.69 Å². The van der Waals surface area contributed by atoms with Crippen LogP contribution in [0, 0.1) is 18.8 Å². The van der Waals surface area contributed by atoms with Gasteiger partial charge < -0.3 is 5.32 Å². The molecule has 2 atom stereocenters. The average molecular weight is 461 g/mol. The zero-order valence-corrected chi connectivity index (χ0v) is 21.0. The zero-order valence-electron chi connectivity index (χ0n) is 21.0. The first kappa shape index (κ1) is 23.0. The highest BCUT2D eigenvalue weighted by molar-refractivity contribution is 6.06. The van der Waals surface area contributed by atoms with E-state index in [9.17, 15) is 4.79 Å². The van der Waals surface area contributed by atoms with Crippen molar-refractivity contribution < 1.29 is 4.79 Å². The Kier molecular flexibility index (Phi) is 5.92. The second-order valence-corrected chi connectivity index (χ2v) is 11.1. The Hall–Kier alpha value is -2.80. The molecule has 2 aliphatic rings. The molecule has 1 aliphatic heterocycles. The number of nitrogens with zero attached hydrogens (tertiary/aromatic N) is 5. The highest BCUT2D eigenvalue weighted by atomic mass is 16.1. The Morgan fingerprint density at radius 1 is 1.18 bits per heavy atom. The molecule has 0 aromatic carbocycles. The van der Waals surface area contributed by atoms with Crippen LogP contribution in [-0.4, -0.2) is 55.7 Å². The number of nitrogens with one attached hydrogen (secondary N) is 1. The van der Waals surface area contributed by atoms with Crippen molar-refractivity contribution in [1.29, 1.82) is 0 Å². The van der Waals surface area contributed by atoms with Crippen molar-refractivity contribution >= 4 is 16.9 Å². The number of likely N-dealkylation sites (tertiary alicyclic amines) is 1. The number of rotatable bonds is 6. The van der Waals surface area contributed by atoms with Gasteiger partial charge in [-0.25, -0.2) is 9.97 Å². The summed E-state index contributed by atoms with van der Waals surface area (Å²) < 4.78 is 1.77. The van der Waals surface area contributed by atoms with Gasteiger partial charge in [-0.1, -0.05) is 19.9 Å². The second-order valence-electron chi connectivity index (χ2n) is 11.1. The lowest BCUT2D eigenvalue weighted by atomic mass is 9.88. The summed E-state index contributed by atoms with van der Waals surface area (Å²) in [4.78, 5) is 25.5. The molecular weight excluding hydrogens is 424 g/mol. The van der Waals surface area contributed by atoms with Crippen LogP contribution in [-0.2, 0) is 0 Å². The molecule has 3 aromatic heterocycles. The van der Waals surface area contributed by atoms with Crippen LogP contribution in [0.15, 0.2) is 30.5 Å². The number of pyridine rings is 2. The van der Waals surface area contributed by atoms with E-state index in [-0.39, 0.29) is 11.4 Å². The van der Waals surface area contributed by atoms with Crippen molar-refractivity contribution in [3.8, 4) is 5.82 Å². The minimum Gasteiger partial charge on any atom is -0.350 e. The van der Waals surface area contributed by atoms with E-state index in [1.165, 1.54) is 6.42 Å². The van der Waals surface area contributed by atoms with E-state index < -0.39 is 0 Å². The number of carbonyl (C=O) groups is 1. The summed E-state index contributed by atoms with van der Waals surface area (Å²) in [5, 5.41) is 8.80. The van der Waals surface area contributed by atoms with E-state index in [4.69, 9.17) is 10.1 Å². The van der Waals surface area contributed by atoms with Crippen molar-refractivity contribution in [2.75, 3.05) is 19.6 Å². The number of fused-ring (bicyclic) bond motifs is 1. The molecular formula is C27H36N6O. The van der Waals surface area contributed by atoms with Gasteiger partial charge in [0.1, 0.15) is 0 Å². The van der Waals surface area contributed by atoms with Gasteiger partial charge in [0.2, 0.25) is 0 Å². The van der Waals surface area contributed by atoms with Crippen LogP contribution in [0.4, 0.5) is 0 Å². The van der Waals surface area contributed by atoms with Crippen LogP contribution < -0.4 is 5.32 Å². The summed E-state index contributed by atoms with van der Waals surface area (Å²) in [5.74, 6) is 2.45. The van der Waals surface area contributed by atoms with E-state index in [2.05, 4.69) is 42.9 Å². The predicted octanol–water partition coefficient (Wildman–Crippen LogP) is 4.49. The number of amides is 1. The molecule has 3 aromatic rings. The lowest BCUT2D eigenvalue weighted by molar-refractivity contribution is 0.0445. The van der Waals surface area contributed by atoms with Gasteiger partial charge in [-0.2, -0.15) is 9.78 Å². The fraction of sp³-hybridized carbons (Fsp3) is 0.556. The van der Waals surface area contributed by atoms with Crippen molar-refractivity contribution in [1.82, 2.24) is 30.0 Å². The minimum absolute atomic E-state index is 0.0517. The van der Waals surface area contributed by atoms with Crippen molar-refractivity contribution in [3.63, 3.8) is 0 Å². The first-order valence-electron chi connectivity index (χ1n) is 12.6. The molecule has 180 valence electrons. The van der Waals surface area contributed by atoms with Gasteiger partial charge in [-0.05, 0) is 70.1 Å². The molecule has 1 aliphatic carbocycles. The highest BCUT2D eigenvalue weighted by Crippen LogP contribution is 2.40. The molecule has 7 nitrogen and oxygen atoms in total. The first-order valence-corrected chi connectivity index (χ1v) is 12.6. The number of hydrogen-bond donors (Lipinski definition) is 1. The van der Waals surface area contributed by atoms with Crippen LogP contribution in [0.1, 0.15) is 74.6 Å². The summed E-state index contributed by atoms with van der Waals surface area (Å²) in [6, 6.07) is 7.73. The smallest absolute Gasteiger partial charge is 0.252 e. The maximum absolute atomic E-state index is 13.6. The van der Waals surface area contributed by atoms with E-state index in [0.29, 0.717) is 41.3 Å². The molecule has 0 radical (unpaired) electrons. The Balaban J connectivity index is 1.46. The number of aryl methyl sites for hydroxylation is 1. The third-order valence-corrected chi connectivity index (χ3v) is 7.35. The summed E-state index contributed by atoms with van der Waals surface area (Å²) >= 11 is 0. The first-order chi connectivity index (χ1) is 16.2. The minimum atomic E-state index is -0.114. The molecule has 1 amide bonds. The molecule has 1 N–H and O–H groups in total. The van der Waals surface area contributed by atoms with Crippen LogP contribution in [0.25, 0.3) is 16.9 Å². The molecule has 7 heteroatoms. The highest BCUT2D eigenvalue weighted by Gasteiger charge is 2.34. The van der Waals surface area contributed by atoms with E-state index in [1.807, 2.05) is 31.2 Å². The third kappa shape index (κ3) is 4.45. The molecule has 0 bridgehead atoms. The lowest BCUT2D eigenvalue weighted by Gasteiger charge is -2.45. The van der Waals surface area contributed by atoms with E-state index >= 15 is 0 Å². The van der Waals surface area contributed by atoms with Gasteiger partial charge in [0, 0.05) is 43.0 Å². The molecule has 2 unspecified atom stereocenters. The SMILES string of the molecule is Cc1nn(-c2ccccn2)c2nc(C3CC3)cc(C(=O)NCC(C)(C)N3CC(C)CC(C)C3)c12. The number of piperidine rings is 1. The maximum Gasteiger partial charge on any atom is 0.252 e. The number of carbonyl (C=O) groups excluding carboxylic acids is 1. The summed E-state index contributed by atoms with van der Waals surface area (Å²) in [6.07, 6.45) is 5.27. The predicted molar refractivity (Wildman–Crippen MR) is 134 cm³/mol. The molecule has 4 heterocycles. The Morgan fingerprint density at radius 2 is 1.91 bits per heavy atom. The number of hydrogen-bond acceptors (Lipinski definition) is 5. The maximum atomic E-state index is 13.6. The van der Waals surface area contributed by atoms with Gasteiger partial charge in [0.05, 0.1) is 16.6 Å². The van der Waals surface area contributed by atoms with Gasteiger partial charge >= 0.3 is 0 Å². The van der Waals surface area contributed by atoms with Gasteiger partial charge in [-0.15, -0.1) is 0 Å². The summed E-state index contributed by atoms with van der Waals surface area (Å²) in [7, 11) is 0. The summed E-state index contributed by atoms with van der Waals surface area (Å²) in [5.41, 5.74) is 3.04. The molecule has 1 saturated heterocycles. The Bertz CT molecular complexity index is 1190. The van der Waals surface area contributed by atoms with Crippen molar-refractivity contribution in [2.45, 2.75) is 65.3 Å². The molecule has 1 saturated carbocycles. The fourth-order valence-corrected chi connectivity index (χ4v) is 5.38. The average Bonchev–Trinajstić information content (AvgIpc) is 3.60. The standard InChI is InChI=1S/C27H36N6O/c1-17-12-18(2)15-32(14-17)27(4,5)16-29-26(34)21-13-22(20-9-10-20)30-25-24(21)19(3)31-33(25)23-8-6-7-11-28-23/h6-8,11,13,17-18,20H,9-10,12,14-16H2,1-5H3,(H,29,34). The summed E-state index contributed by atoms with van der Waals surface area (Å²) in [6.45, 7) is 13.8. The molecule has 5 rings (SSSR count). The Labute approximate surface area is 202 Å². The third-order valence-electron chi connectivity index (χ3n) is 7.35. The largest absolute Gasteiger partial charge is 0.350 e. The van der Waals surface area contributed by atoms with Crippen LogP contribution in [0.3, 0.4) is 0 Å². The van der Waals surface area contributed by atoms with Crippen LogP contribution in [0.2, 0.25) is 0 Å². The zero-order chi connectivity index (χ0) is 24.0. The number of aromatic nitrogens is 4. The molecule has 34 heavy (non-hydrogen) atoms. The lowest BCUT2D eigenvalue weighted by Crippen LogP contribution is -2.56. The van der Waals surface area contributed by atoms with E-state index in [0.717, 1.165) is 42.7 Å². The van der Waals surface area contributed by atoms with Crippen molar-refractivity contribution in [2.24, 2.45) is 11.8 Å². The molecule has 2 fully saturated rings. The fourth-order valence-electron chi connectivity index (χ4n) is 5.38. The monoisotopic (exact) mass is 460 g/mol.